The van der Waals surface area contributed by atoms with Crippen LogP contribution in [0.1, 0.15) is 31.7 Å². The van der Waals surface area contributed by atoms with Crippen LogP contribution >= 0.6 is 11.8 Å². The van der Waals surface area contributed by atoms with Crippen molar-refractivity contribution in [3.05, 3.63) is 29.8 Å². The topological polar surface area (TPSA) is 37.4 Å². The van der Waals surface area contributed by atoms with Gasteiger partial charge in [0.2, 0.25) is 11.8 Å². The van der Waals surface area contributed by atoms with Crippen molar-refractivity contribution in [2.45, 2.75) is 38.4 Å². The summed E-state index contributed by atoms with van der Waals surface area (Å²) in [6, 6.07) is 7.52. The third-order valence-electron chi connectivity index (χ3n) is 3.21. The maximum Gasteiger partial charge on any atom is 0.247 e. The normalized spacial score (nSPS) is 19.3. The number of aryl methyl sites for hydroxylation is 1. The molecule has 0 radical (unpaired) electrons. The Balaban J connectivity index is 2.08. The van der Waals surface area contributed by atoms with Gasteiger partial charge in [-0.25, -0.2) is 4.90 Å². The molecule has 1 unspecified atom stereocenters. The lowest BCUT2D eigenvalue weighted by Crippen LogP contribution is -2.31. The maximum absolute atomic E-state index is 12.3. The molecule has 0 spiro atoms. The number of amides is 2. The Bertz CT molecular complexity index is 470. The van der Waals surface area contributed by atoms with Gasteiger partial charge in [-0.3, -0.25) is 9.59 Å². The third kappa shape index (κ3) is 3.18. The van der Waals surface area contributed by atoms with Gasteiger partial charge in [-0.15, -0.1) is 11.8 Å². The van der Waals surface area contributed by atoms with Crippen molar-refractivity contribution in [2.75, 3.05) is 10.7 Å². The van der Waals surface area contributed by atoms with E-state index in [0.29, 0.717) is 12.1 Å². The number of unbranched alkanes of at least 4 members (excludes halogenated alkanes) is 1. The zero-order valence-electron chi connectivity index (χ0n) is 11.4. The van der Waals surface area contributed by atoms with Crippen molar-refractivity contribution in [2.24, 2.45) is 0 Å². The standard InChI is InChI=1S/C15H19NO2S/c1-3-4-9-19-13-10-14(17)16(15(13)18)12-7-5-11(2)6-8-12/h5-8,13H,3-4,9-10H2,1-2H3. The Kier molecular flexibility index (Phi) is 4.64. The van der Waals surface area contributed by atoms with Crippen LogP contribution in [0.3, 0.4) is 0 Å². The van der Waals surface area contributed by atoms with Gasteiger partial charge in [-0.1, -0.05) is 31.0 Å². The summed E-state index contributed by atoms with van der Waals surface area (Å²) in [6.07, 6.45) is 2.54. The molecule has 0 aliphatic carbocycles. The predicted octanol–water partition coefficient (Wildman–Crippen LogP) is 3.16. The van der Waals surface area contributed by atoms with Gasteiger partial charge in [-0.2, -0.15) is 0 Å². The largest absolute Gasteiger partial charge is 0.274 e. The molecule has 1 fully saturated rings. The van der Waals surface area contributed by atoms with Gasteiger partial charge in [0.25, 0.3) is 0 Å². The molecule has 1 atom stereocenters. The fourth-order valence-corrected chi connectivity index (χ4v) is 3.32. The molecule has 4 heteroatoms. The van der Waals surface area contributed by atoms with Crippen molar-refractivity contribution in [1.29, 1.82) is 0 Å². The number of hydrogen-bond donors (Lipinski definition) is 0. The smallest absolute Gasteiger partial charge is 0.247 e. The van der Waals surface area contributed by atoms with Gasteiger partial charge in [0.15, 0.2) is 0 Å². The van der Waals surface area contributed by atoms with Crippen LogP contribution in [0.2, 0.25) is 0 Å². The molecule has 1 aromatic carbocycles. The zero-order valence-corrected chi connectivity index (χ0v) is 12.2. The summed E-state index contributed by atoms with van der Waals surface area (Å²) in [6.45, 7) is 4.11. The lowest BCUT2D eigenvalue weighted by Gasteiger charge is -2.15. The lowest BCUT2D eigenvalue weighted by atomic mass is 10.2. The van der Waals surface area contributed by atoms with Crippen LogP contribution in [0, 0.1) is 6.92 Å². The second-order valence-electron chi connectivity index (χ2n) is 4.82. The van der Waals surface area contributed by atoms with Crippen LogP contribution in [0.4, 0.5) is 5.69 Å². The van der Waals surface area contributed by atoms with E-state index in [0.717, 1.165) is 24.2 Å². The molecule has 0 saturated carbocycles. The highest BCUT2D eigenvalue weighted by Gasteiger charge is 2.39. The summed E-state index contributed by atoms with van der Waals surface area (Å²) in [7, 11) is 0. The second-order valence-corrected chi connectivity index (χ2v) is 6.13. The van der Waals surface area contributed by atoms with Gasteiger partial charge >= 0.3 is 0 Å². The van der Waals surface area contributed by atoms with E-state index >= 15 is 0 Å². The van der Waals surface area contributed by atoms with E-state index in [1.54, 1.807) is 11.8 Å². The minimum atomic E-state index is -0.194. The summed E-state index contributed by atoms with van der Waals surface area (Å²) in [4.78, 5) is 25.6. The molecule has 1 heterocycles. The van der Waals surface area contributed by atoms with Gasteiger partial charge in [0.05, 0.1) is 10.9 Å². The highest BCUT2D eigenvalue weighted by molar-refractivity contribution is 8.00. The van der Waals surface area contributed by atoms with Crippen LogP contribution in [0.5, 0.6) is 0 Å². The van der Waals surface area contributed by atoms with E-state index in [1.807, 2.05) is 31.2 Å². The van der Waals surface area contributed by atoms with E-state index in [4.69, 9.17) is 0 Å². The molecule has 1 aromatic rings. The average Bonchev–Trinajstić information content (AvgIpc) is 2.67. The number of rotatable bonds is 5. The number of carbonyl (C=O) groups is 2. The summed E-state index contributed by atoms with van der Waals surface area (Å²) >= 11 is 1.61. The third-order valence-corrected chi connectivity index (χ3v) is 4.51. The lowest BCUT2D eigenvalue weighted by molar-refractivity contribution is -0.121. The predicted molar refractivity (Wildman–Crippen MR) is 79.4 cm³/mol. The molecule has 1 aliphatic heterocycles. The van der Waals surface area contributed by atoms with Crippen molar-refractivity contribution >= 4 is 29.3 Å². The monoisotopic (exact) mass is 277 g/mol. The van der Waals surface area contributed by atoms with Crippen LogP contribution in [-0.4, -0.2) is 22.8 Å². The van der Waals surface area contributed by atoms with E-state index < -0.39 is 0 Å². The van der Waals surface area contributed by atoms with Crippen molar-refractivity contribution in [3.63, 3.8) is 0 Å². The van der Waals surface area contributed by atoms with Gasteiger partial charge in [0.1, 0.15) is 0 Å². The first-order chi connectivity index (χ1) is 9.13. The molecule has 3 nitrogen and oxygen atoms in total. The Labute approximate surface area is 118 Å². The Morgan fingerprint density at radius 1 is 1.26 bits per heavy atom. The molecule has 1 saturated heterocycles. The summed E-state index contributed by atoms with van der Waals surface area (Å²) in [5, 5.41) is -0.194. The van der Waals surface area contributed by atoms with E-state index in [1.165, 1.54) is 4.90 Å². The molecule has 2 amide bonds. The number of imide groups is 1. The molecular weight excluding hydrogens is 258 g/mol. The van der Waals surface area contributed by atoms with Gasteiger partial charge < -0.3 is 0 Å². The first-order valence-corrected chi connectivity index (χ1v) is 7.73. The minimum absolute atomic E-state index is 0.0602. The fourth-order valence-electron chi connectivity index (χ4n) is 2.07. The molecule has 0 bridgehead atoms. The van der Waals surface area contributed by atoms with E-state index in [-0.39, 0.29) is 17.1 Å². The summed E-state index contributed by atoms with van der Waals surface area (Å²) in [5.41, 5.74) is 1.82. The van der Waals surface area contributed by atoms with Crippen molar-refractivity contribution < 1.29 is 9.59 Å². The molecule has 1 aliphatic rings. The molecule has 0 aromatic heterocycles. The maximum atomic E-state index is 12.3. The Morgan fingerprint density at radius 3 is 2.58 bits per heavy atom. The molecule has 0 N–H and O–H groups in total. The first-order valence-electron chi connectivity index (χ1n) is 6.68. The number of nitrogens with zero attached hydrogens (tertiary/aromatic N) is 1. The first kappa shape index (κ1) is 14.1. The Hall–Kier alpha value is -1.29. The number of thioether (sulfide) groups is 1. The molecular formula is C15H19NO2S. The number of hydrogen-bond acceptors (Lipinski definition) is 3. The summed E-state index contributed by atoms with van der Waals surface area (Å²) in [5.74, 6) is 0.805. The van der Waals surface area contributed by atoms with Crippen LogP contribution < -0.4 is 4.90 Å². The van der Waals surface area contributed by atoms with E-state index in [9.17, 15) is 9.59 Å². The van der Waals surface area contributed by atoms with Crippen LogP contribution in [-0.2, 0) is 9.59 Å². The average molecular weight is 277 g/mol. The second kappa shape index (κ2) is 6.24. The van der Waals surface area contributed by atoms with Crippen LogP contribution in [0.25, 0.3) is 0 Å². The zero-order chi connectivity index (χ0) is 13.8. The van der Waals surface area contributed by atoms with Crippen LogP contribution in [0.15, 0.2) is 24.3 Å². The van der Waals surface area contributed by atoms with Gasteiger partial charge in [0, 0.05) is 6.42 Å². The van der Waals surface area contributed by atoms with E-state index in [2.05, 4.69) is 6.92 Å². The summed E-state index contributed by atoms with van der Waals surface area (Å²) < 4.78 is 0. The quantitative estimate of drug-likeness (QED) is 0.613. The van der Waals surface area contributed by atoms with Gasteiger partial charge in [-0.05, 0) is 31.2 Å². The molecule has 19 heavy (non-hydrogen) atoms. The SMILES string of the molecule is CCCCSC1CC(=O)N(c2ccc(C)cc2)C1=O. The number of anilines is 1. The molecule has 102 valence electrons. The van der Waals surface area contributed by atoms with Crippen molar-refractivity contribution in [1.82, 2.24) is 0 Å². The fraction of sp³-hybridized carbons (Fsp3) is 0.467. The highest BCUT2D eigenvalue weighted by Crippen LogP contribution is 2.30. The van der Waals surface area contributed by atoms with Crippen molar-refractivity contribution in [3.8, 4) is 0 Å². The minimum Gasteiger partial charge on any atom is -0.274 e. The number of carbonyl (C=O) groups excluding carboxylic acids is 2. The molecule has 2 rings (SSSR count). The highest BCUT2D eigenvalue weighted by atomic mass is 32.2. The number of benzene rings is 1. The Morgan fingerprint density at radius 2 is 1.95 bits per heavy atom.